The van der Waals surface area contributed by atoms with Crippen LogP contribution in [0.1, 0.15) is 45.4 Å². The normalized spacial score (nSPS) is 20.1. The van der Waals surface area contributed by atoms with Crippen molar-refractivity contribution in [2.75, 3.05) is 13.7 Å². The summed E-state index contributed by atoms with van der Waals surface area (Å²) in [6, 6.07) is 0. The molecule has 18 heavy (non-hydrogen) atoms. The molecule has 0 aromatic heterocycles. The summed E-state index contributed by atoms with van der Waals surface area (Å²) in [4.78, 5) is 22.7. The van der Waals surface area contributed by atoms with E-state index in [0.717, 1.165) is 25.7 Å². The largest absolute Gasteiger partial charge is 0.481 e. The molecule has 5 nitrogen and oxygen atoms in total. The molecular formula is C13H23NO4. The summed E-state index contributed by atoms with van der Waals surface area (Å²) >= 11 is 0. The molecule has 1 unspecified atom stereocenters. The van der Waals surface area contributed by atoms with Gasteiger partial charge in [-0.15, -0.1) is 0 Å². The van der Waals surface area contributed by atoms with Gasteiger partial charge in [0.05, 0.1) is 12.5 Å². The number of hydrogen-bond acceptors (Lipinski definition) is 3. The number of methoxy groups -OCH3 is 1. The van der Waals surface area contributed by atoms with E-state index in [0.29, 0.717) is 0 Å². The van der Waals surface area contributed by atoms with Gasteiger partial charge in [0.15, 0.2) is 0 Å². The van der Waals surface area contributed by atoms with Gasteiger partial charge in [0.1, 0.15) is 0 Å². The molecule has 5 heteroatoms. The molecular weight excluding hydrogens is 234 g/mol. The molecule has 0 saturated heterocycles. The standard InChI is InChI=1S/C13H23NO4/c1-13(6-4-3-5-7-13)12(17)14-9-10(18-2)8-11(15)16/h10H,3-9H2,1-2H3,(H,14,17)(H,15,16). The minimum atomic E-state index is -0.917. The number of carboxylic acids is 1. The monoisotopic (exact) mass is 257 g/mol. The lowest BCUT2D eigenvalue weighted by Gasteiger charge is -2.32. The van der Waals surface area contributed by atoms with Crippen LogP contribution in [0.15, 0.2) is 0 Å². The number of nitrogens with one attached hydrogen (secondary N) is 1. The maximum Gasteiger partial charge on any atom is 0.306 e. The number of amides is 1. The van der Waals surface area contributed by atoms with Crippen LogP contribution in [0.4, 0.5) is 0 Å². The van der Waals surface area contributed by atoms with Gasteiger partial charge < -0.3 is 15.2 Å². The van der Waals surface area contributed by atoms with Crippen molar-refractivity contribution in [3.63, 3.8) is 0 Å². The predicted octanol–water partition coefficient (Wildman–Crippen LogP) is 1.56. The van der Waals surface area contributed by atoms with Gasteiger partial charge in [-0.3, -0.25) is 9.59 Å². The first-order valence-corrected chi connectivity index (χ1v) is 6.51. The number of hydrogen-bond donors (Lipinski definition) is 2. The average molecular weight is 257 g/mol. The molecule has 0 aromatic rings. The highest BCUT2D eigenvalue weighted by Crippen LogP contribution is 2.35. The van der Waals surface area contributed by atoms with E-state index in [4.69, 9.17) is 9.84 Å². The summed E-state index contributed by atoms with van der Waals surface area (Å²) < 4.78 is 5.04. The Morgan fingerprint density at radius 1 is 1.33 bits per heavy atom. The van der Waals surface area contributed by atoms with Crippen molar-refractivity contribution in [1.29, 1.82) is 0 Å². The van der Waals surface area contributed by atoms with Crippen LogP contribution >= 0.6 is 0 Å². The zero-order valence-corrected chi connectivity index (χ0v) is 11.2. The Bertz CT molecular complexity index is 297. The Kier molecular flexibility index (Phi) is 5.59. The molecule has 0 heterocycles. The van der Waals surface area contributed by atoms with E-state index in [1.807, 2.05) is 6.92 Å². The van der Waals surface area contributed by atoms with Crippen LogP contribution in [-0.2, 0) is 14.3 Å². The van der Waals surface area contributed by atoms with Gasteiger partial charge in [-0.2, -0.15) is 0 Å². The Hall–Kier alpha value is -1.10. The van der Waals surface area contributed by atoms with Crippen LogP contribution in [0.25, 0.3) is 0 Å². The number of carbonyl (C=O) groups is 2. The molecule has 0 bridgehead atoms. The second kappa shape index (κ2) is 6.73. The number of carboxylic acid groups (broad SMARTS) is 1. The first-order chi connectivity index (χ1) is 8.48. The van der Waals surface area contributed by atoms with Crippen molar-refractivity contribution in [2.45, 2.75) is 51.6 Å². The number of rotatable bonds is 6. The van der Waals surface area contributed by atoms with Crippen LogP contribution in [0.3, 0.4) is 0 Å². The van der Waals surface area contributed by atoms with Crippen molar-refractivity contribution in [1.82, 2.24) is 5.32 Å². The maximum absolute atomic E-state index is 12.1. The highest BCUT2D eigenvalue weighted by Gasteiger charge is 2.34. The van der Waals surface area contributed by atoms with Crippen molar-refractivity contribution in [3.8, 4) is 0 Å². The molecule has 1 fully saturated rings. The summed E-state index contributed by atoms with van der Waals surface area (Å²) in [5, 5.41) is 11.5. The van der Waals surface area contributed by atoms with E-state index in [1.54, 1.807) is 0 Å². The molecule has 1 saturated carbocycles. The third-order valence-corrected chi connectivity index (χ3v) is 3.73. The first kappa shape index (κ1) is 15.0. The lowest BCUT2D eigenvalue weighted by Crippen LogP contribution is -2.43. The molecule has 0 aliphatic heterocycles. The zero-order chi connectivity index (χ0) is 13.6. The van der Waals surface area contributed by atoms with Gasteiger partial charge in [0.2, 0.25) is 5.91 Å². The summed E-state index contributed by atoms with van der Waals surface area (Å²) in [6.07, 6.45) is 4.65. The average Bonchev–Trinajstić information content (AvgIpc) is 2.34. The van der Waals surface area contributed by atoms with Crippen LogP contribution in [-0.4, -0.2) is 36.7 Å². The quantitative estimate of drug-likeness (QED) is 0.757. The minimum absolute atomic E-state index is 0.0228. The van der Waals surface area contributed by atoms with Crippen molar-refractivity contribution >= 4 is 11.9 Å². The lowest BCUT2D eigenvalue weighted by atomic mass is 9.75. The molecule has 0 radical (unpaired) electrons. The van der Waals surface area contributed by atoms with Crippen LogP contribution in [0, 0.1) is 5.41 Å². The molecule has 1 rings (SSSR count). The molecule has 104 valence electrons. The van der Waals surface area contributed by atoms with Crippen LogP contribution in [0.2, 0.25) is 0 Å². The van der Waals surface area contributed by atoms with Crippen LogP contribution < -0.4 is 5.32 Å². The van der Waals surface area contributed by atoms with E-state index < -0.39 is 12.1 Å². The molecule has 2 N–H and O–H groups in total. The predicted molar refractivity (Wildman–Crippen MR) is 67.3 cm³/mol. The summed E-state index contributed by atoms with van der Waals surface area (Å²) in [6.45, 7) is 2.25. The second-order valence-electron chi connectivity index (χ2n) is 5.29. The Morgan fingerprint density at radius 2 is 1.94 bits per heavy atom. The Labute approximate surface area is 108 Å². The molecule has 1 aliphatic rings. The Balaban J connectivity index is 2.41. The van der Waals surface area contributed by atoms with Gasteiger partial charge in [-0.25, -0.2) is 0 Å². The van der Waals surface area contributed by atoms with E-state index in [-0.39, 0.29) is 24.3 Å². The van der Waals surface area contributed by atoms with Crippen LogP contribution in [0.5, 0.6) is 0 Å². The molecule has 1 aliphatic carbocycles. The zero-order valence-electron chi connectivity index (χ0n) is 11.2. The summed E-state index contributed by atoms with van der Waals surface area (Å²) in [5.74, 6) is -0.894. The third-order valence-electron chi connectivity index (χ3n) is 3.73. The van der Waals surface area contributed by atoms with Crippen molar-refractivity contribution in [3.05, 3.63) is 0 Å². The van der Waals surface area contributed by atoms with E-state index >= 15 is 0 Å². The molecule has 0 aromatic carbocycles. The SMILES string of the molecule is COC(CNC(=O)C1(C)CCCCC1)CC(=O)O. The van der Waals surface area contributed by atoms with Gasteiger partial charge >= 0.3 is 5.97 Å². The topological polar surface area (TPSA) is 75.6 Å². The molecule has 0 spiro atoms. The van der Waals surface area contributed by atoms with Gasteiger partial charge in [0, 0.05) is 19.1 Å². The minimum Gasteiger partial charge on any atom is -0.481 e. The van der Waals surface area contributed by atoms with E-state index in [1.165, 1.54) is 13.5 Å². The highest BCUT2D eigenvalue weighted by atomic mass is 16.5. The van der Waals surface area contributed by atoms with Gasteiger partial charge in [-0.1, -0.05) is 26.2 Å². The van der Waals surface area contributed by atoms with Crippen molar-refractivity contribution in [2.24, 2.45) is 5.41 Å². The van der Waals surface area contributed by atoms with E-state index in [9.17, 15) is 9.59 Å². The number of carbonyl (C=O) groups excluding carboxylic acids is 1. The van der Waals surface area contributed by atoms with Gasteiger partial charge in [0.25, 0.3) is 0 Å². The smallest absolute Gasteiger partial charge is 0.306 e. The second-order valence-corrected chi connectivity index (χ2v) is 5.29. The summed E-state index contributed by atoms with van der Waals surface area (Å²) in [7, 11) is 1.46. The fraction of sp³-hybridized carbons (Fsp3) is 0.846. The first-order valence-electron chi connectivity index (χ1n) is 6.51. The third kappa shape index (κ3) is 4.29. The fourth-order valence-corrected chi connectivity index (χ4v) is 2.41. The number of ether oxygens (including phenoxy) is 1. The van der Waals surface area contributed by atoms with Crippen molar-refractivity contribution < 1.29 is 19.4 Å². The maximum atomic E-state index is 12.1. The summed E-state index contributed by atoms with van der Waals surface area (Å²) in [5.41, 5.74) is -0.292. The molecule has 1 amide bonds. The molecule has 1 atom stereocenters. The fourth-order valence-electron chi connectivity index (χ4n) is 2.41. The van der Waals surface area contributed by atoms with E-state index in [2.05, 4.69) is 5.32 Å². The Morgan fingerprint density at radius 3 is 2.44 bits per heavy atom. The highest BCUT2D eigenvalue weighted by molar-refractivity contribution is 5.82. The van der Waals surface area contributed by atoms with Gasteiger partial charge in [-0.05, 0) is 12.8 Å². The number of aliphatic carboxylic acids is 1. The lowest BCUT2D eigenvalue weighted by molar-refractivity contribution is -0.140.